The molecule has 7 heteroatoms. The van der Waals surface area contributed by atoms with Crippen molar-refractivity contribution in [2.75, 3.05) is 7.11 Å². The van der Waals surface area contributed by atoms with E-state index in [2.05, 4.69) is 5.32 Å². The lowest BCUT2D eigenvalue weighted by Crippen LogP contribution is -2.43. The Hall–Kier alpha value is -3.35. The van der Waals surface area contributed by atoms with Gasteiger partial charge in [-0.2, -0.15) is 0 Å². The molecule has 27 heavy (non-hydrogen) atoms. The summed E-state index contributed by atoms with van der Waals surface area (Å²) in [4.78, 5) is 38.0. The molecular formula is C20H21N3O4. The number of carbonyl (C=O) groups excluding carboxylic acids is 3. The van der Waals surface area contributed by atoms with Gasteiger partial charge in [-0.05, 0) is 41.8 Å². The van der Waals surface area contributed by atoms with Gasteiger partial charge in [0.1, 0.15) is 11.3 Å². The molecule has 1 atom stereocenters. The number of urea groups is 1. The molecular weight excluding hydrogens is 346 g/mol. The average molecular weight is 367 g/mol. The molecule has 2 aromatic carbocycles. The number of ether oxygens (including phenoxy) is 1. The number of hydrogen-bond donors (Lipinski definition) is 2. The second-order valence-corrected chi connectivity index (χ2v) is 6.37. The quantitative estimate of drug-likeness (QED) is 0.764. The van der Waals surface area contributed by atoms with Crippen LogP contribution < -0.4 is 15.8 Å². The molecule has 1 fully saturated rings. The van der Waals surface area contributed by atoms with Gasteiger partial charge in [0.15, 0.2) is 0 Å². The third-order valence-electron chi connectivity index (χ3n) is 4.87. The molecule has 4 amide bonds. The molecule has 0 unspecified atom stereocenters. The van der Waals surface area contributed by atoms with E-state index in [0.717, 1.165) is 5.56 Å². The number of primary amides is 1. The minimum Gasteiger partial charge on any atom is -0.497 e. The van der Waals surface area contributed by atoms with Crippen LogP contribution in [0.25, 0.3) is 0 Å². The van der Waals surface area contributed by atoms with Gasteiger partial charge >= 0.3 is 6.03 Å². The van der Waals surface area contributed by atoms with Crippen molar-refractivity contribution >= 4 is 17.8 Å². The number of nitrogens with zero attached hydrogens (tertiary/aromatic N) is 1. The van der Waals surface area contributed by atoms with Crippen LogP contribution in [0.15, 0.2) is 48.5 Å². The van der Waals surface area contributed by atoms with Crippen molar-refractivity contribution in [3.8, 4) is 5.75 Å². The number of nitrogens with one attached hydrogen (secondary N) is 1. The number of carbonyl (C=O) groups is 3. The monoisotopic (exact) mass is 367 g/mol. The number of nitrogens with two attached hydrogens (primary N) is 1. The number of methoxy groups -OCH3 is 1. The van der Waals surface area contributed by atoms with Gasteiger partial charge in [-0.1, -0.05) is 31.2 Å². The maximum absolute atomic E-state index is 13.1. The second kappa shape index (κ2) is 7.11. The topological polar surface area (TPSA) is 102 Å². The van der Waals surface area contributed by atoms with Gasteiger partial charge in [0, 0.05) is 5.56 Å². The zero-order valence-electron chi connectivity index (χ0n) is 15.2. The molecule has 1 aliphatic rings. The van der Waals surface area contributed by atoms with Crippen LogP contribution in [-0.2, 0) is 16.9 Å². The largest absolute Gasteiger partial charge is 0.497 e. The highest BCUT2D eigenvalue weighted by Crippen LogP contribution is 2.34. The van der Waals surface area contributed by atoms with E-state index in [9.17, 15) is 14.4 Å². The van der Waals surface area contributed by atoms with E-state index in [1.54, 1.807) is 55.6 Å². The Morgan fingerprint density at radius 3 is 2.26 bits per heavy atom. The van der Waals surface area contributed by atoms with Crippen LogP contribution in [0, 0.1) is 0 Å². The maximum Gasteiger partial charge on any atom is 0.325 e. The van der Waals surface area contributed by atoms with Crippen molar-refractivity contribution in [2.24, 2.45) is 5.73 Å². The normalized spacial score (nSPS) is 19.1. The van der Waals surface area contributed by atoms with Gasteiger partial charge in [-0.15, -0.1) is 0 Å². The van der Waals surface area contributed by atoms with Gasteiger partial charge in [0.25, 0.3) is 5.91 Å². The van der Waals surface area contributed by atoms with Crippen molar-refractivity contribution in [2.45, 2.75) is 25.4 Å². The zero-order chi connectivity index (χ0) is 19.6. The van der Waals surface area contributed by atoms with Crippen LogP contribution in [0.3, 0.4) is 0 Å². The molecule has 1 aliphatic heterocycles. The fourth-order valence-electron chi connectivity index (χ4n) is 3.24. The summed E-state index contributed by atoms with van der Waals surface area (Å²) >= 11 is 0. The predicted octanol–water partition coefficient (Wildman–Crippen LogP) is 2.15. The van der Waals surface area contributed by atoms with Crippen LogP contribution in [0.4, 0.5) is 4.79 Å². The Balaban J connectivity index is 1.87. The van der Waals surface area contributed by atoms with Crippen LogP contribution in [0.1, 0.15) is 34.8 Å². The highest BCUT2D eigenvalue weighted by molar-refractivity contribution is 6.07. The van der Waals surface area contributed by atoms with E-state index < -0.39 is 17.5 Å². The third-order valence-corrected chi connectivity index (χ3v) is 4.87. The summed E-state index contributed by atoms with van der Waals surface area (Å²) in [6, 6.07) is 13.2. The van der Waals surface area contributed by atoms with E-state index in [4.69, 9.17) is 10.5 Å². The maximum atomic E-state index is 13.1. The molecule has 3 rings (SSSR count). The minimum absolute atomic E-state index is 0.113. The highest BCUT2D eigenvalue weighted by Gasteiger charge is 2.51. The molecule has 7 nitrogen and oxygen atoms in total. The summed E-state index contributed by atoms with van der Waals surface area (Å²) in [5.74, 6) is -0.159. The molecule has 1 saturated heterocycles. The lowest BCUT2D eigenvalue weighted by atomic mass is 9.87. The Labute approximate surface area is 157 Å². The number of benzene rings is 2. The lowest BCUT2D eigenvalue weighted by molar-refractivity contribution is -0.132. The van der Waals surface area contributed by atoms with Gasteiger partial charge in [0.2, 0.25) is 5.91 Å². The van der Waals surface area contributed by atoms with Gasteiger partial charge in [0.05, 0.1) is 13.7 Å². The summed E-state index contributed by atoms with van der Waals surface area (Å²) < 4.78 is 5.16. The van der Waals surface area contributed by atoms with E-state index in [1.165, 1.54) is 4.90 Å². The van der Waals surface area contributed by atoms with Gasteiger partial charge < -0.3 is 15.8 Å². The van der Waals surface area contributed by atoms with Crippen molar-refractivity contribution in [3.63, 3.8) is 0 Å². The lowest BCUT2D eigenvalue weighted by Gasteiger charge is -2.26. The van der Waals surface area contributed by atoms with Crippen LogP contribution in [0.5, 0.6) is 5.75 Å². The number of hydrogen-bond acceptors (Lipinski definition) is 4. The molecule has 2 aromatic rings. The molecule has 140 valence electrons. The SMILES string of the molecule is CC[C@@]1(c2ccc(OC)cc2)NC(=O)N(Cc2ccc(C(N)=O)cc2)C1=O. The highest BCUT2D eigenvalue weighted by atomic mass is 16.5. The minimum atomic E-state index is -1.10. The molecule has 0 spiro atoms. The summed E-state index contributed by atoms with van der Waals surface area (Å²) in [5.41, 5.74) is 5.94. The zero-order valence-corrected chi connectivity index (χ0v) is 15.2. The summed E-state index contributed by atoms with van der Waals surface area (Å²) in [7, 11) is 1.57. The third kappa shape index (κ3) is 3.23. The Morgan fingerprint density at radius 2 is 1.74 bits per heavy atom. The van der Waals surface area contributed by atoms with E-state index in [-0.39, 0.29) is 12.5 Å². The number of rotatable bonds is 6. The predicted molar refractivity (Wildman–Crippen MR) is 99.0 cm³/mol. The Kier molecular flexibility index (Phi) is 4.85. The first kappa shape index (κ1) is 18.4. The number of imide groups is 1. The molecule has 0 bridgehead atoms. The molecule has 0 radical (unpaired) electrons. The average Bonchev–Trinajstić information content (AvgIpc) is 2.93. The van der Waals surface area contributed by atoms with Crippen molar-refractivity contribution in [3.05, 3.63) is 65.2 Å². The summed E-state index contributed by atoms with van der Waals surface area (Å²) in [5, 5.41) is 2.84. The van der Waals surface area contributed by atoms with E-state index in [0.29, 0.717) is 23.3 Å². The Bertz CT molecular complexity index is 877. The smallest absolute Gasteiger partial charge is 0.325 e. The summed E-state index contributed by atoms with van der Waals surface area (Å²) in [6.07, 6.45) is 0.418. The second-order valence-electron chi connectivity index (χ2n) is 6.37. The molecule has 0 aromatic heterocycles. The van der Waals surface area contributed by atoms with Crippen LogP contribution in [0.2, 0.25) is 0 Å². The standard InChI is InChI=1S/C20H21N3O4/c1-3-20(15-8-10-16(27-2)11-9-15)18(25)23(19(26)22-20)12-13-4-6-14(7-5-13)17(21)24/h4-11H,3,12H2,1-2H3,(H2,21,24)(H,22,26)/t20-/m0/s1. The fourth-order valence-corrected chi connectivity index (χ4v) is 3.24. The molecule has 1 heterocycles. The molecule has 0 aliphatic carbocycles. The fraction of sp³-hybridized carbons (Fsp3) is 0.250. The van der Waals surface area contributed by atoms with Crippen LogP contribution >= 0.6 is 0 Å². The Morgan fingerprint density at radius 1 is 1.11 bits per heavy atom. The number of amides is 4. The van der Waals surface area contributed by atoms with Crippen LogP contribution in [-0.4, -0.2) is 29.9 Å². The van der Waals surface area contributed by atoms with E-state index >= 15 is 0 Å². The summed E-state index contributed by atoms with van der Waals surface area (Å²) in [6.45, 7) is 1.97. The van der Waals surface area contributed by atoms with Gasteiger partial charge in [-0.25, -0.2) is 4.79 Å². The van der Waals surface area contributed by atoms with Crippen molar-refractivity contribution < 1.29 is 19.1 Å². The van der Waals surface area contributed by atoms with Crippen molar-refractivity contribution in [1.82, 2.24) is 10.2 Å². The van der Waals surface area contributed by atoms with E-state index in [1.807, 2.05) is 6.92 Å². The molecule has 3 N–H and O–H groups in total. The van der Waals surface area contributed by atoms with Gasteiger partial charge in [-0.3, -0.25) is 14.5 Å². The first-order valence-corrected chi connectivity index (χ1v) is 8.58. The van der Waals surface area contributed by atoms with Crippen molar-refractivity contribution in [1.29, 1.82) is 0 Å². The first-order chi connectivity index (χ1) is 12.9. The first-order valence-electron chi connectivity index (χ1n) is 8.58. The molecule has 0 saturated carbocycles.